The van der Waals surface area contributed by atoms with Crippen molar-refractivity contribution in [2.24, 2.45) is 0 Å². The normalized spacial score (nSPS) is 17.8. The van der Waals surface area contributed by atoms with Crippen LogP contribution in [0.4, 0.5) is 0 Å². The molecule has 3 nitrogen and oxygen atoms in total. The Labute approximate surface area is 112 Å². The largest absolute Gasteiger partial charge is 0.508 e. The average molecular weight is 255 g/mol. The summed E-state index contributed by atoms with van der Waals surface area (Å²) in [7, 11) is 0. The molecule has 3 heteroatoms. The lowest BCUT2D eigenvalue weighted by Gasteiger charge is -2.26. The number of nitrogens with one attached hydrogen (secondary N) is 1. The van der Waals surface area contributed by atoms with Crippen LogP contribution in [0.25, 0.3) is 0 Å². The van der Waals surface area contributed by atoms with Gasteiger partial charge in [0.15, 0.2) is 0 Å². The zero-order chi connectivity index (χ0) is 13.1. The van der Waals surface area contributed by atoms with Crippen molar-refractivity contribution >= 4 is 0 Å². The predicted molar refractivity (Wildman–Crippen MR) is 74.4 cm³/mol. The summed E-state index contributed by atoms with van der Waals surface area (Å²) < 4.78 is 5.72. The summed E-state index contributed by atoms with van der Waals surface area (Å²) in [5, 5.41) is 12.9. The summed E-state index contributed by atoms with van der Waals surface area (Å²) in [5.41, 5.74) is 2.77. The maximum Gasteiger partial charge on any atom is 0.123 e. The van der Waals surface area contributed by atoms with Crippen LogP contribution in [-0.4, -0.2) is 17.8 Å². The molecule has 0 saturated carbocycles. The van der Waals surface area contributed by atoms with Gasteiger partial charge in [-0.25, -0.2) is 0 Å². The Morgan fingerprint density at radius 3 is 2.79 bits per heavy atom. The van der Waals surface area contributed by atoms with E-state index < -0.39 is 0 Å². The lowest BCUT2D eigenvalue weighted by atomic mass is 9.96. The quantitative estimate of drug-likeness (QED) is 0.885. The van der Waals surface area contributed by atoms with Gasteiger partial charge >= 0.3 is 0 Å². The van der Waals surface area contributed by atoms with E-state index >= 15 is 0 Å². The third-order valence-electron chi connectivity index (χ3n) is 3.43. The molecule has 0 saturated heterocycles. The Balaban J connectivity index is 1.61. The summed E-state index contributed by atoms with van der Waals surface area (Å²) in [4.78, 5) is 0. The Bertz CT molecular complexity index is 568. The van der Waals surface area contributed by atoms with E-state index in [0.717, 1.165) is 13.0 Å². The molecule has 2 aromatic rings. The second-order valence-electron chi connectivity index (χ2n) is 4.86. The first-order valence-electron chi connectivity index (χ1n) is 6.53. The van der Waals surface area contributed by atoms with E-state index in [4.69, 9.17) is 4.74 Å². The number of aromatic hydroxyl groups is 1. The van der Waals surface area contributed by atoms with Gasteiger partial charge in [-0.1, -0.05) is 30.3 Å². The summed E-state index contributed by atoms with van der Waals surface area (Å²) >= 11 is 0. The minimum atomic E-state index is 0.236. The van der Waals surface area contributed by atoms with Crippen molar-refractivity contribution in [1.29, 1.82) is 0 Å². The van der Waals surface area contributed by atoms with Gasteiger partial charge in [-0.2, -0.15) is 0 Å². The number of fused-ring (bicyclic) bond motifs is 1. The van der Waals surface area contributed by atoms with E-state index in [9.17, 15) is 5.11 Å². The maximum absolute atomic E-state index is 9.38. The second-order valence-corrected chi connectivity index (χ2v) is 4.86. The number of benzene rings is 2. The molecule has 0 aromatic heterocycles. The summed E-state index contributed by atoms with van der Waals surface area (Å²) in [5.74, 6) is 0.945. The van der Waals surface area contributed by atoms with Crippen LogP contribution in [0.15, 0.2) is 48.5 Å². The van der Waals surface area contributed by atoms with Gasteiger partial charge in [-0.05, 0) is 29.7 Å². The lowest BCUT2D eigenvalue weighted by molar-refractivity contribution is 0.255. The third-order valence-corrected chi connectivity index (χ3v) is 3.43. The Morgan fingerprint density at radius 1 is 1.11 bits per heavy atom. The van der Waals surface area contributed by atoms with Crippen LogP contribution in [-0.2, 0) is 13.0 Å². The zero-order valence-corrected chi connectivity index (χ0v) is 10.7. The Morgan fingerprint density at radius 2 is 1.95 bits per heavy atom. The highest BCUT2D eigenvalue weighted by atomic mass is 16.5. The molecular formula is C16H17NO2. The number of ether oxygens (including phenoxy) is 1. The summed E-state index contributed by atoms with van der Waals surface area (Å²) in [6.45, 7) is 1.50. The van der Waals surface area contributed by atoms with E-state index in [1.54, 1.807) is 18.2 Å². The predicted octanol–water partition coefficient (Wildman–Crippen LogP) is 2.49. The van der Waals surface area contributed by atoms with Gasteiger partial charge in [-0.15, -0.1) is 0 Å². The highest BCUT2D eigenvalue weighted by Gasteiger charge is 2.17. The van der Waals surface area contributed by atoms with E-state index in [1.807, 2.05) is 6.07 Å². The zero-order valence-electron chi connectivity index (χ0n) is 10.7. The molecule has 19 heavy (non-hydrogen) atoms. The van der Waals surface area contributed by atoms with Crippen molar-refractivity contribution in [3.8, 4) is 11.5 Å². The van der Waals surface area contributed by atoms with Crippen molar-refractivity contribution in [3.05, 3.63) is 59.7 Å². The van der Waals surface area contributed by atoms with Crippen molar-refractivity contribution in [1.82, 2.24) is 5.32 Å². The van der Waals surface area contributed by atoms with Gasteiger partial charge in [0.1, 0.15) is 18.1 Å². The lowest BCUT2D eigenvalue weighted by Crippen LogP contribution is -2.39. The highest BCUT2D eigenvalue weighted by molar-refractivity contribution is 5.32. The molecule has 0 aliphatic carbocycles. The number of phenols is 1. The van der Waals surface area contributed by atoms with Gasteiger partial charge in [-0.3, -0.25) is 0 Å². The van der Waals surface area contributed by atoms with Gasteiger partial charge < -0.3 is 15.2 Å². The molecule has 1 aliphatic heterocycles. The molecule has 2 aromatic carbocycles. The minimum Gasteiger partial charge on any atom is -0.508 e. The molecule has 2 N–H and O–H groups in total. The van der Waals surface area contributed by atoms with Gasteiger partial charge in [0.2, 0.25) is 0 Å². The van der Waals surface area contributed by atoms with Gasteiger partial charge in [0.05, 0.1) is 0 Å². The summed E-state index contributed by atoms with van der Waals surface area (Å²) in [6.07, 6.45) is 0.981. The topological polar surface area (TPSA) is 41.5 Å². The standard InChI is InChI=1S/C16H17NO2/c18-15-6-3-7-16(9-15)19-11-14-8-12-4-1-2-5-13(12)10-17-14/h1-7,9,14,17-18H,8,10-11H2. The van der Waals surface area contributed by atoms with Crippen molar-refractivity contribution in [2.45, 2.75) is 19.0 Å². The third kappa shape index (κ3) is 2.88. The molecule has 0 fully saturated rings. The van der Waals surface area contributed by atoms with Crippen LogP contribution in [0, 0.1) is 0 Å². The number of hydrogen-bond acceptors (Lipinski definition) is 3. The summed E-state index contributed by atoms with van der Waals surface area (Å²) in [6, 6.07) is 15.7. The molecule has 0 amide bonds. The van der Waals surface area contributed by atoms with Crippen LogP contribution in [0.5, 0.6) is 11.5 Å². The van der Waals surface area contributed by atoms with E-state index in [-0.39, 0.29) is 5.75 Å². The molecule has 1 heterocycles. The first kappa shape index (κ1) is 12.1. The number of hydrogen-bond donors (Lipinski definition) is 2. The molecule has 0 radical (unpaired) electrons. The molecule has 0 bridgehead atoms. The van der Waals surface area contributed by atoms with Crippen molar-refractivity contribution in [3.63, 3.8) is 0 Å². The molecule has 1 aliphatic rings. The molecule has 98 valence electrons. The fourth-order valence-electron chi connectivity index (χ4n) is 2.41. The molecule has 1 atom stereocenters. The fourth-order valence-corrected chi connectivity index (χ4v) is 2.41. The van der Waals surface area contributed by atoms with Crippen molar-refractivity contribution < 1.29 is 9.84 Å². The second kappa shape index (κ2) is 5.33. The van der Waals surface area contributed by atoms with E-state index in [2.05, 4.69) is 29.6 Å². The maximum atomic E-state index is 9.38. The number of phenolic OH excluding ortho intramolecular Hbond substituents is 1. The smallest absolute Gasteiger partial charge is 0.123 e. The highest BCUT2D eigenvalue weighted by Crippen LogP contribution is 2.20. The van der Waals surface area contributed by atoms with Crippen LogP contribution in [0.2, 0.25) is 0 Å². The molecule has 1 unspecified atom stereocenters. The van der Waals surface area contributed by atoms with Gasteiger partial charge in [0, 0.05) is 18.7 Å². The van der Waals surface area contributed by atoms with Crippen LogP contribution in [0.1, 0.15) is 11.1 Å². The van der Waals surface area contributed by atoms with Crippen LogP contribution in [0.3, 0.4) is 0 Å². The van der Waals surface area contributed by atoms with Crippen LogP contribution >= 0.6 is 0 Å². The van der Waals surface area contributed by atoms with Crippen LogP contribution < -0.4 is 10.1 Å². The van der Waals surface area contributed by atoms with E-state index in [0.29, 0.717) is 18.4 Å². The first-order valence-corrected chi connectivity index (χ1v) is 6.53. The molecule has 3 rings (SSSR count). The Hall–Kier alpha value is -2.00. The SMILES string of the molecule is Oc1cccc(OCC2Cc3ccccc3CN2)c1. The first-order chi connectivity index (χ1) is 9.31. The number of rotatable bonds is 3. The average Bonchev–Trinajstić information content (AvgIpc) is 2.45. The fraction of sp³-hybridized carbons (Fsp3) is 0.250. The molecule has 0 spiro atoms. The van der Waals surface area contributed by atoms with E-state index in [1.165, 1.54) is 11.1 Å². The Kier molecular flexibility index (Phi) is 3.38. The minimum absolute atomic E-state index is 0.236. The van der Waals surface area contributed by atoms with Crippen molar-refractivity contribution in [2.75, 3.05) is 6.61 Å². The van der Waals surface area contributed by atoms with Gasteiger partial charge in [0.25, 0.3) is 0 Å². The monoisotopic (exact) mass is 255 g/mol. The molecular weight excluding hydrogens is 238 g/mol.